The summed E-state index contributed by atoms with van der Waals surface area (Å²) in [6.07, 6.45) is 2.56. The third-order valence-corrected chi connectivity index (χ3v) is 7.45. The third-order valence-electron chi connectivity index (χ3n) is 6.47. The summed E-state index contributed by atoms with van der Waals surface area (Å²) in [5, 5.41) is 0. The molecule has 1 saturated carbocycles. The predicted molar refractivity (Wildman–Crippen MR) is 143 cm³/mol. The molecule has 2 amide bonds. The molecule has 4 rings (SSSR count). The molecule has 1 fully saturated rings. The van der Waals surface area contributed by atoms with Crippen LogP contribution in [0.1, 0.15) is 44.1 Å². The summed E-state index contributed by atoms with van der Waals surface area (Å²) in [6.45, 7) is 5.23. The van der Waals surface area contributed by atoms with Crippen molar-refractivity contribution in [2.45, 2.75) is 45.7 Å². The average molecular weight is 507 g/mol. The topological polar surface area (TPSA) is 59.1 Å². The number of thiophene rings is 1. The normalized spacial score (nSPS) is 12.8. The van der Waals surface area contributed by atoms with E-state index in [1.54, 1.807) is 30.5 Å². The minimum atomic E-state index is -0.0716. The standard InChI is InChI=1S/C29H34N2O4S/c1-20-5-9-23(10-6-20)29(33)31(24-11-12-24)19-28(32)30(18-25-13-7-21(2)36-25)16-15-22-8-14-26(34-3)27(17-22)35-4/h5-10,13-14,17,24H,11-12,15-16,18-19H2,1-4H3. The van der Waals surface area contributed by atoms with Crippen LogP contribution in [-0.2, 0) is 17.8 Å². The zero-order valence-corrected chi connectivity index (χ0v) is 22.3. The second-order valence-electron chi connectivity index (χ2n) is 9.30. The number of rotatable bonds is 11. The Labute approximate surface area is 217 Å². The lowest BCUT2D eigenvalue weighted by molar-refractivity contribution is -0.132. The molecule has 0 spiro atoms. The Morgan fingerprint density at radius 1 is 0.944 bits per heavy atom. The van der Waals surface area contributed by atoms with Gasteiger partial charge in [-0.25, -0.2) is 0 Å². The molecule has 0 unspecified atom stereocenters. The first-order valence-corrected chi connectivity index (χ1v) is 13.1. The summed E-state index contributed by atoms with van der Waals surface area (Å²) in [5.74, 6) is 1.25. The van der Waals surface area contributed by atoms with Crippen LogP contribution < -0.4 is 9.47 Å². The van der Waals surface area contributed by atoms with Crippen molar-refractivity contribution in [1.29, 1.82) is 0 Å². The Balaban J connectivity index is 1.50. The molecule has 1 aliphatic carbocycles. The molecule has 0 N–H and O–H groups in total. The van der Waals surface area contributed by atoms with E-state index in [1.165, 1.54) is 4.88 Å². The molecule has 190 valence electrons. The SMILES string of the molecule is COc1ccc(CCN(Cc2ccc(C)s2)C(=O)CN(C(=O)c2ccc(C)cc2)C2CC2)cc1OC. The highest BCUT2D eigenvalue weighted by atomic mass is 32.1. The molecule has 36 heavy (non-hydrogen) atoms. The first-order chi connectivity index (χ1) is 17.4. The van der Waals surface area contributed by atoms with Gasteiger partial charge >= 0.3 is 0 Å². The van der Waals surface area contributed by atoms with Crippen molar-refractivity contribution >= 4 is 23.2 Å². The van der Waals surface area contributed by atoms with Crippen LogP contribution in [0.25, 0.3) is 0 Å². The van der Waals surface area contributed by atoms with Gasteiger partial charge in [0, 0.05) is 27.9 Å². The van der Waals surface area contributed by atoms with Gasteiger partial charge in [-0.05, 0) is 75.1 Å². The van der Waals surface area contributed by atoms with Crippen LogP contribution in [-0.4, -0.2) is 55.0 Å². The van der Waals surface area contributed by atoms with Gasteiger partial charge in [-0.3, -0.25) is 9.59 Å². The lowest BCUT2D eigenvalue weighted by Gasteiger charge is -2.28. The molecule has 7 heteroatoms. The van der Waals surface area contributed by atoms with Crippen LogP contribution in [0.4, 0.5) is 0 Å². The molecule has 0 radical (unpaired) electrons. The minimum Gasteiger partial charge on any atom is -0.493 e. The highest BCUT2D eigenvalue weighted by Crippen LogP contribution is 2.30. The Hall–Kier alpha value is -3.32. The molecular formula is C29H34N2O4S. The number of hydrogen-bond acceptors (Lipinski definition) is 5. The van der Waals surface area contributed by atoms with Gasteiger partial charge in [0.05, 0.1) is 20.8 Å². The summed E-state index contributed by atoms with van der Waals surface area (Å²) in [4.78, 5) is 32.9. The monoisotopic (exact) mass is 506 g/mol. The summed E-state index contributed by atoms with van der Waals surface area (Å²) in [5.41, 5.74) is 2.79. The number of carbonyl (C=O) groups excluding carboxylic acids is 2. The van der Waals surface area contributed by atoms with Gasteiger partial charge in [0.2, 0.25) is 5.91 Å². The fourth-order valence-electron chi connectivity index (χ4n) is 4.21. The van der Waals surface area contributed by atoms with E-state index in [-0.39, 0.29) is 24.4 Å². The Bertz CT molecular complexity index is 1200. The van der Waals surface area contributed by atoms with E-state index in [1.807, 2.05) is 54.3 Å². The highest BCUT2D eigenvalue weighted by Gasteiger charge is 2.35. The number of amides is 2. The Morgan fingerprint density at radius 2 is 1.67 bits per heavy atom. The van der Waals surface area contributed by atoms with Crippen molar-refractivity contribution in [3.05, 3.63) is 81.0 Å². The van der Waals surface area contributed by atoms with Crippen LogP contribution >= 0.6 is 11.3 Å². The number of benzene rings is 2. The fourth-order valence-corrected chi connectivity index (χ4v) is 5.12. The largest absolute Gasteiger partial charge is 0.493 e. The van der Waals surface area contributed by atoms with Gasteiger partial charge in [-0.15, -0.1) is 11.3 Å². The van der Waals surface area contributed by atoms with Crippen molar-refractivity contribution < 1.29 is 19.1 Å². The second-order valence-corrected chi connectivity index (χ2v) is 10.7. The Kier molecular flexibility index (Phi) is 8.31. The lowest BCUT2D eigenvalue weighted by atomic mass is 10.1. The number of carbonyl (C=O) groups is 2. The number of ether oxygens (including phenoxy) is 2. The lowest BCUT2D eigenvalue weighted by Crippen LogP contribution is -2.44. The van der Waals surface area contributed by atoms with Crippen LogP contribution in [0.15, 0.2) is 54.6 Å². The Morgan fingerprint density at radius 3 is 2.28 bits per heavy atom. The van der Waals surface area contributed by atoms with E-state index in [9.17, 15) is 9.59 Å². The van der Waals surface area contributed by atoms with Crippen molar-refractivity contribution in [3.8, 4) is 11.5 Å². The van der Waals surface area contributed by atoms with Gasteiger partial charge in [-0.1, -0.05) is 23.8 Å². The molecule has 1 heterocycles. The number of aryl methyl sites for hydroxylation is 2. The fraction of sp³-hybridized carbons (Fsp3) is 0.379. The average Bonchev–Trinajstić information content (AvgIpc) is 3.65. The van der Waals surface area contributed by atoms with Crippen molar-refractivity contribution in [2.24, 2.45) is 0 Å². The van der Waals surface area contributed by atoms with Crippen LogP contribution in [0.5, 0.6) is 11.5 Å². The van der Waals surface area contributed by atoms with E-state index in [0.717, 1.165) is 28.8 Å². The first-order valence-electron chi connectivity index (χ1n) is 12.3. The van der Waals surface area contributed by atoms with Gasteiger partial charge in [0.25, 0.3) is 5.91 Å². The zero-order valence-electron chi connectivity index (χ0n) is 21.5. The molecule has 1 aromatic heterocycles. The molecule has 0 atom stereocenters. The van der Waals surface area contributed by atoms with E-state index in [4.69, 9.17) is 9.47 Å². The second kappa shape index (κ2) is 11.6. The maximum absolute atomic E-state index is 13.6. The smallest absolute Gasteiger partial charge is 0.254 e. The maximum atomic E-state index is 13.6. The van der Waals surface area contributed by atoms with Crippen molar-refractivity contribution in [3.63, 3.8) is 0 Å². The van der Waals surface area contributed by atoms with Crippen LogP contribution in [0.2, 0.25) is 0 Å². The molecule has 0 saturated heterocycles. The van der Waals surface area contributed by atoms with E-state index in [2.05, 4.69) is 19.1 Å². The van der Waals surface area contributed by atoms with Crippen LogP contribution in [0, 0.1) is 13.8 Å². The van der Waals surface area contributed by atoms with Gasteiger partial charge in [0.1, 0.15) is 6.54 Å². The molecular weight excluding hydrogens is 472 g/mol. The van der Waals surface area contributed by atoms with Crippen LogP contribution in [0.3, 0.4) is 0 Å². The molecule has 2 aromatic carbocycles. The maximum Gasteiger partial charge on any atom is 0.254 e. The van der Waals surface area contributed by atoms with Gasteiger partial charge < -0.3 is 19.3 Å². The molecule has 6 nitrogen and oxygen atoms in total. The third kappa shape index (κ3) is 6.46. The molecule has 1 aliphatic rings. The van der Waals surface area contributed by atoms with E-state index in [0.29, 0.717) is 36.6 Å². The van der Waals surface area contributed by atoms with E-state index >= 15 is 0 Å². The molecule has 0 aliphatic heterocycles. The summed E-state index contributed by atoms with van der Waals surface area (Å²) in [7, 11) is 3.23. The van der Waals surface area contributed by atoms with Crippen molar-refractivity contribution in [2.75, 3.05) is 27.3 Å². The summed E-state index contributed by atoms with van der Waals surface area (Å²) in [6, 6.07) is 17.7. The highest BCUT2D eigenvalue weighted by molar-refractivity contribution is 7.11. The van der Waals surface area contributed by atoms with Gasteiger partial charge in [-0.2, -0.15) is 0 Å². The number of nitrogens with zero attached hydrogens (tertiary/aromatic N) is 2. The quantitative estimate of drug-likeness (QED) is 0.356. The number of hydrogen-bond donors (Lipinski definition) is 0. The number of methoxy groups -OCH3 is 2. The van der Waals surface area contributed by atoms with Crippen molar-refractivity contribution in [1.82, 2.24) is 9.80 Å². The van der Waals surface area contributed by atoms with E-state index < -0.39 is 0 Å². The molecule has 3 aromatic rings. The molecule has 0 bridgehead atoms. The van der Waals surface area contributed by atoms with Gasteiger partial charge in [0.15, 0.2) is 11.5 Å². The predicted octanol–water partition coefficient (Wildman–Crippen LogP) is 5.26. The first kappa shape index (κ1) is 25.8. The zero-order chi connectivity index (χ0) is 25.7. The minimum absolute atomic E-state index is 0.0334. The summed E-state index contributed by atoms with van der Waals surface area (Å²) >= 11 is 1.70. The summed E-state index contributed by atoms with van der Waals surface area (Å²) < 4.78 is 10.8.